The third-order valence-corrected chi connectivity index (χ3v) is 2.76. The van der Waals surface area contributed by atoms with Crippen LogP contribution < -0.4 is 0 Å². The molecule has 1 heterocycles. The first-order chi connectivity index (χ1) is 6.54. The maximum atomic E-state index is 11.6. The predicted molar refractivity (Wildman–Crippen MR) is 55.9 cm³/mol. The second-order valence-electron chi connectivity index (χ2n) is 4.57. The molecule has 1 saturated heterocycles. The van der Waals surface area contributed by atoms with E-state index in [-0.39, 0.29) is 18.1 Å². The Balaban J connectivity index is 2.58. The number of likely N-dealkylation sites (tertiary alicyclic amines) is 1. The number of nitrogens with zero attached hydrogens (tertiary/aromatic N) is 1. The highest BCUT2D eigenvalue weighted by Crippen LogP contribution is 2.24. The molecule has 0 spiro atoms. The molecule has 0 aromatic carbocycles. The van der Waals surface area contributed by atoms with Crippen LogP contribution in [0.4, 0.5) is 0 Å². The first-order valence-corrected chi connectivity index (χ1v) is 5.52. The maximum Gasteiger partial charge on any atom is 0.222 e. The lowest BCUT2D eigenvalue weighted by molar-refractivity contribution is -0.132. The fourth-order valence-electron chi connectivity index (χ4n) is 2.17. The summed E-state index contributed by atoms with van der Waals surface area (Å²) in [6, 6.07) is 0.262. The Bertz CT molecular complexity index is 203. The van der Waals surface area contributed by atoms with Gasteiger partial charge in [0.25, 0.3) is 0 Å². The summed E-state index contributed by atoms with van der Waals surface area (Å²) >= 11 is 0. The van der Waals surface area contributed by atoms with Crippen molar-refractivity contribution in [3.05, 3.63) is 0 Å². The highest BCUT2D eigenvalue weighted by atomic mass is 16.3. The number of amides is 1. The number of aliphatic hydroxyl groups excluding tert-OH is 1. The average molecular weight is 199 g/mol. The molecule has 0 aromatic rings. The molecule has 0 aromatic heterocycles. The minimum absolute atomic E-state index is 0.173. The summed E-state index contributed by atoms with van der Waals surface area (Å²) in [6.07, 6.45) is 1.99. The molecule has 82 valence electrons. The van der Waals surface area contributed by atoms with Crippen molar-refractivity contribution >= 4 is 5.91 Å². The second-order valence-corrected chi connectivity index (χ2v) is 4.57. The van der Waals surface area contributed by atoms with Crippen molar-refractivity contribution < 1.29 is 9.90 Å². The second kappa shape index (κ2) is 4.78. The number of aliphatic hydroxyl groups is 1. The third-order valence-electron chi connectivity index (χ3n) is 2.76. The van der Waals surface area contributed by atoms with E-state index in [1.165, 1.54) is 0 Å². The maximum absolute atomic E-state index is 11.6. The molecular formula is C11H21NO2. The fraction of sp³-hybridized carbons (Fsp3) is 0.909. The number of carbonyl (C=O) groups excluding carboxylic acids is 1. The van der Waals surface area contributed by atoms with Gasteiger partial charge in [0.15, 0.2) is 0 Å². The molecule has 3 nitrogen and oxygen atoms in total. The summed E-state index contributed by atoms with van der Waals surface area (Å²) in [6.45, 7) is 6.71. The normalized spacial score (nSPS) is 27.4. The minimum atomic E-state index is -0.311. The van der Waals surface area contributed by atoms with Crippen molar-refractivity contribution in [3.8, 4) is 0 Å². The van der Waals surface area contributed by atoms with Gasteiger partial charge < -0.3 is 10.0 Å². The van der Waals surface area contributed by atoms with Gasteiger partial charge in [-0.3, -0.25) is 4.79 Å². The molecule has 1 fully saturated rings. The summed E-state index contributed by atoms with van der Waals surface area (Å²) in [5.74, 6) is 0.754. The largest absolute Gasteiger partial charge is 0.391 e. The molecule has 2 unspecified atom stereocenters. The Labute approximate surface area is 86.1 Å². The molecule has 1 amide bonds. The Kier molecular flexibility index (Phi) is 3.93. The molecule has 0 radical (unpaired) electrons. The number of hydrogen-bond donors (Lipinski definition) is 1. The standard InChI is InChI=1S/C11H21NO2/c1-4-11(14)12-7-10(13)6-9(12)5-8(2)3/h8-10,13H,4-7H2,1-3H3. The summed E-state index contributed by atoms with van der Waals surface area (Å²) in [5.41, 5.74) is 0. The van der Waals surface area contributed by atoms with Crippen LogP contribution in [-0.4, -0.2) is 34.6 Å². The van der Waals surface area contributed by atoms with E-state index < -0.39 is 0 Å². The van der Waals surface area contributed by atoms with Crippen LogP contribution >= 0.6 is 0 Å². The van der Waals surface area contributed by atoms with Gasteiger partial charge in [0.05, 0.1) is 6.10 Å². The summed E-state index contributed by atoms with van der Waals surface area (Å²) in [7, 11) is 0. The highest BCUT2D eigenvalue weighted by molar-refractivity contribution is 5.76. The van der Waals surface area contributed by atoms with Crippen molar-refractivity contribution in [2.75, 3.05) is 6.54 Å². The molecule has 1 N–H and O–H groups in total. The average Bonchev–Trinajstić information content (AvgIpc) is 2.44. The lowest BCUT2D eigenvalue weighted by Crippen LogP contribution is -2.36. The van der Waals surface area contributed by atoms with Gasteiger partial charge in [0, 0.05) is 19.0 Å². The summed E-state index contributed by atoms with van der Waals surface area (Å²) < 4.78 is 0. The smallest absolute Gasteiger partial charge is 0.222 e. The first kappa shape index (κ1) is 11.5. The molecule has 1 aliphatic rings. The SMILES string of the molecule is CCC(=O)N1CC(O)CC1CC(C)C. The predicted octanol–water partition coefficient (Wildman–Crippen LogP) is 1.40. The molecule has 0 aliphatic carbocycles. The van der Waals surface area contributed by atoms with Crippen molar-refractivity contribution in [2.45, 2.75) is 52.2 Å². The highest BCUT2D eigenvalue weighted by Gasteiger charge is 2.33. The van der Waals surface area contributed by atoms with Gasteiger partial charge in [-0.2, -0.15) is 0 Å². The van der Waals surface area contributed by atoms with E-state index in [4.69, 9.17) is 0 Å². The van der Waals surface area contributed by atoms with E-state index in [1.54, 1.807) is 0 Å². The van der Waals surface area contributed by atoms with Crippen molar-refractivity contribution in [1.82, 2.24) is 4.90 Å². The van der Waals surface area contributed by atoms with Gasteiger partial charge in [-0.1, -0.05) is 20.8 Å². The summed E-state index contributed by atoms with van der Waals surface area (Å²) in [4.78, 5) is 13.4. The Morgan fingerprint density at radius 2 is 2.21 bits per heavy atom. The van der Waals surface area contributed by atoms with E-state index in [2.05, 4.69) is 13.8 Å². The van der Waals surface area contributed by atoms with E-state index in [0.717, 1.165) is 12.8 Å². The van der Waals surface area contributed by atoms with E-state index in [1.807, 2.05) is 11.8 Å². The molecule has 0 saturated carbocycles. The molecule has 2 atom stereocenters. The zero-order chi connectivity index (χ0) is 10.7. The number of β-amino-alcohol motifs (C(OH)–C–C–N with tert-alkyl or cyclic N) is 1. The van der Waals surface area contributed by atoms with Crippen LogP contribution in [0.3, 0.4) is 0 Å². The Hall–Kier alpha value is -0.570. The Morgan fingerprint density at radius 3 is 2.71 bits per heavy atom. The van der Waals surface area contributed by atoms with Crippen LogP contribution in [-0.2, 0) is 4.79 Å². The van der Waals surface area contributed by atoms with Crippen molar-refractivity contribution in [3.63, 3.8) is 0 Å². The molecule has 1 aliphatic heterocycles. The number of carbonyl (C=O) groups is 1. The number of hydrogen-bond acceptors (Lipinski definition) is 2. The fourth-order valence-corrected chi connectivity index (χ4v) is 2.17. The van der Waals surface area contributed by atoms with Crippen LogP contribution in [0, 0.1) is 5.92 Å². The van der Waals surface area contributed by atoms with E-state index in [0.29, 0.717) is 18.9 Å². The van der Waals surface area contributed by atoms with Gasteiger partial charge in [-0.15, -0.1) is 0 Å². The monoisotopic (exact) mass is 199 g/mol. The van der Waals surface area contributed by atoms with Crippen LogP contribution in [0.1, 0.15) is 40.0 Å². The molecule has 3 heteroatoms. The quantitative estimate of drug-likeness (QED) is 0.746. The van der Waals surface area contributed by atoms with Crippen LogP contribution in [0.5, 0.6) is 0 Å². The molecule has 14 heavy (non-hydrogen) atoms. The van der Waals surface area contributed by atoms with E-state index in [9.17, 15) is 9.90 Å². The lowest BCUT2D eigenvalue weighted by Gasteiger charge is -2.25. The molecule has 1 rings (SSSR count). The Morgan fingerprint density at radius 1 is 1.57 bits per heavy atom. The first-order valence-electron chi connectivity index (χ1n) is 5.52. The minimum Gasteiger partial charge on any atom is -0.391 e. The molecular weight excluding hydrogens is 178 g/mol. The zero-order valence-corrected chi connectivity index (χ0v) is 9.36. The third kappa shape index (κ3) is 2.71. The molecule has 0 bridgehead atoms. The van der Waals surface area contributed by atoms with Gasteiger partial charge in [-0.25, -0.2) is 0 Å². The van der Waals surface area contributed by atoms with E-state index >= 15 is 0 Å². The van der Waals surface area contributed by atoms with Crippen molar-refractivity contribution in [2.24, 2.45) is 5.92 Å². The lowest BCUT2D eigenvalue weighted by atomic mass is 10.0. The van der Waals surface area contributed by atoms with Gasteiger partial charge in [0.2, 0.25) is 5.91 Å². The van der Waals surface area contributed by atoms with Crippen LogP contribution in [0.25, 0.3) is 0 Å². The zero-order valence-electron chi connectivity index (χ0n) is 9.36. The van der Waals surface area contributed by atoms with Crippen LogP contribution in [0.2, 0.25) is 0 Å². The van der Waals surface area contributed by atoms with Gasteiger partial charge in [-0.05, 0) is 18.8 Å². The topological polar surface area (TPSA) is 40.5 Å². The number of rotatable bonds is 3. The van der Waals surface area contributed by atoms with Gasteiger partial charge in [0.1, 0.15) is 0 Å². The van der Waals surface area contributed by atoms with Crippen molar-refractivity contribution in [1.29, 1.82) is 0 Å². The van der Waals surface area contributed by atoms with Gasteiger partial charge >= 0.3 is 0 Å². The summed E-state index contributed by atoms with van der Waals surface area (Å²) in [5, 5.41) is 9.53. The van der Waals surface area contributed by atoms with Crippen LogP contribution in [0.15, 0.2) is 0 Å².